The fraction of sp³-hybridized carbons (Fsp3) is 0.714. The van der Waals surface area contributed by atoms with Gasteiger partial charge in [-0.15, -0.1) is 0 Å². The molecule has 4 nitrogen and oxygen atoms in total. The summed E-state index contributed by atoms with van der Waals surface area (Å²) in [6.07, 6.45) is 6.15. The summed E-state index contributed by atoms with van der Waals surface area (Å²) in [5.74, 6) is 4.48. The molecule has 1 unspecified atom stereocenters. The van der Waals surface area contributed by atoms with E-state index in [1.54, 1.807) is 6.33 Å². The van der Waals surface area contributed by atoms with Crippen LogP contribution >= 0.6 is 11.8 Å². The van der Waals surface area contributed by atoms with Gasteiger partial charge < -0.3 is 10.6 Å². The van der Waals surface area contributed by atoms with E-state index in [9.17, 15) is 0 Å². The number of anilines is 2. The highest BCUT2D eigenvalue weighted by Gasteiger charge is 2.18. The van der Waals surface area contributed by atoms with Crippen LogP contribution in [0.3, 0.4) is 0 Å². The molecule has 19 heavy (non-hydrogen) atoms. The quantitative estimate of drug-likeness (QED) is 0.803. The first-order valence-corrected chi connectivity index (χ1v) is 8.42. The molecule has 1 saturated heterocycles. The van der Waals surface area contributed by atoms with Crippen molar-refractivity contribution in [2.45, 2.75) is 45.6 Å². The van der Waals surface area contributed by atoms with E-state index in [0.717, 1.165) is 37.4 Å². The third kappa shape index (κ3) is 4.00. The SMILES string of the molecule is CCCNc1ncnc(NC2CCSC2)c1CCC. The Morgan fingerprint density at radius 3 is 2.79 bits per heavy atom. The number of thioether (sulfide) groups is 1. The van der Waals surface area contributed by atoms with E-state index in [1.807, 2.05) is 11.8 Å². The lowest BCUT2D eigenvalue weighted by Gasteiger charge is -2.18. The van der Waals surface area contributed by atoms with Gasteiger partial charge in [0.15, 0.2) is 0 Å². The first-order valence-electron chi connectivity index (χ1n) is 7.27. The standard InChI is InChI=1S/C14H24N4S/c1-3-5-12-13(15-7-4-2)16-10-17-14(12)18-11-6-8-19-9-11/h10-11H,3-9H2,1-2H3,(H2,15,16,17,18). The van der Waals surface area contributed by atoms with Gasteiger partial charge in [-0.3, -0.25) is 0 Å². The molecule has 1 aromatic rings. The Bertz CT molecular complexity index is 391. The Balaban J connectivity index is 2.14. The normalized spacial score (nSPS) is 18.5. The third-order valence-corrected chi connectivity index (χ3v) is 4.42. The molecule has 1 atom stereocenters. The summed E-state index contributed by atoms with van der Waals surface area (Å²) in [6, 6.07) is 0.564. The predicted octanol–water partition coefficient (Wildman–Crippen LogP) is 3.17. The van der Waals surface area contributed by atoms with Crippen molar-refractivity contribution < 1.29 is 0 Å². The fourth-order valence-corrected chi connectivity index (χ4v) is 3.41. The van der Waals surface area contributed by atoms with E-state index < -0.39 is 0 Å². The second-order valence-electron chi connectivity index (χ2n) is 4.93. The molecule has 0 aromatic carbocycles. The number of rotatable bonds is 7. The zero-order chi connectivity index (χ0) is 13.5. The minimum atomic E-state index is 0.564. The van der Waals surface area contributed by atoms with Gasteiger partial charge in [0.1, 0.15) is 18.0 Å². The summed E-state index contributed by atoms with van der Waals surface area (Å²) < 4.78 is 0. The van der Waals surface area contributed by atoms with Gasteiger partial charge in [0.25, 0.3) is 0 Å². The van der Waals surface area contributed by atoms with Crippen LogP contribution in [0.4, 0.5) is 11.6 Å². The summed E-state index contributed by atoms with van der Waals surface area (Å²) in [5.41, 5.74) is 1.25. The lowest BCUT2D eigenvalue weighted by Crippen LogP contribution is -2.21. The first-order chi connectivity index (χ1) is 9.35. The van der Waals surface area contributed by atoms with Crippen LogP contribution in [0.2, 0.25) is 0 Å². The number of nitrogens with one attached hydrogen (secondary N) is 2. The summed E-state index contributed by atoms with van der Waals surface area (Å²) in [5, 5.41) is 7.02. The predicted molar refractivity (Wildman–Crippen MR) is 84.2 cm³/mol. The molecule has 0 aliphatic carbocycles. The van der Waals surface area contributed by atoms with Crippen molar-refractivity contribution in [3.05, 3.63) is 11.9 Å². The third-order valence-electron chi connectivity index (χ3n) is 3.26. The Labute approximate surface area is 120 Å². The van der Waals surface area contributed by atoms with E-state index in [0.29, 0.717) is 6.04 Å². The highest BCUT2D eigenvalue weighted by molar-refractivity contribution is 7.99. The fourth-order valence-electron chi connectivity index (χ4n) is 2.26. The highest BCUT2D eigenvalue weighted by Crippen LogP contribution is 2.26. The average Bonchev–Trinajstić information content (AvgIpc) is 2.92. The average molecular weight is 280 g/mol. The summed E-state index contributed by atoms with van der Waals surface area (Å²) in [4.78, 5) is 8.86. The van der Waals surface area contributed by atoms with Crippen molar-refractivity contribution in [2.75, 3.05) is 28.7 Å². The molecule has 2 rings (SSSR count). The van der Waals surface area contributed by atoms with Gasteiger partial charge in [-0.05, 0) is 25.0 Å². The van der Waals surface area contributed by atoms with Crippen LogP contribution < -0.4 is 10.6 Å². The van der Waals surface area contributed by atoms with Gasteiger partial charge >= 0.3 is 0 Å². The molecule has 0 amide bonds. The highest BCUT2D eigenvalue weighted by atomic mass is 32.2. The first kappa shape index (κ1) is 14.4. The van der Waals surface area contributed by atoms with E-state index in [4.69, 9.17) is 0 Å². The molecule has 5 heteroatoms. The van der Waals surface area contributed by atoms with Gasteiger partial charge in [-0.2, -0.15) is 11.8 Å². The van der Waals surface area contributed by atoms with E-state index >= 15 is 0 Å². The maximum Gasteiger partial charge on any atom is 0.134 e. The zero-order valence-corrected chi connectivity index (χ0v) is 12.7. The molecule has 0 bridgehead atoms. The van der Waals surface area contributed by atoms with Crippen LogP contribution in [0.5, 0.6) is 0 Å². The molecule has 1 aromatic heterocycles. The van der Waals surface area contributed by atoms with Crippen molar-refractivity contribution in [3.63, 3.8) is 0 Å². The number of hydrogen-bond acceptors (Lipinski definition) is 5. The molecule has 2 heterocycles. The van der Waals surface area contributed by atoms with Gasteiger partial charge in [0.2, 0.25) is 0 Å². The van der Waals surface area contributed by atoms with Crippen LogP contribution in [0.15, 0.2) is 6.33 Å². The second kappa shape index (κ2) is 7.58. The largest absolute Gasteiger partial charge is 0.370 e. The Morgan fingerprint density at radius 1 is 1.26 bits per heavy atom. The zero-order valence-electron chi connectivity index (χ0n) is 11.9. The number of nitrogens with zero attached hydrogens (tertiary/aromatic N) is 2. The summed E-state index contributed by atoms with van der Waals surface area (Å²) >= 11 is 2.02. The van der Waals surface area contributed by atoms with Gasteiger partial charge in [-0.1, -0.05) is 20.3 Å². The topological polar surface area (TPSA) is 49.8 Å². The maximum absolute atomic E-state index is 4.46. The van der Waals surface area contributed by atoms with Crippen molar-refractivity contribution in [1.29, 1.82) is 0 Å². The molecular formula is C14H24N4S. The van der Waals surface area contributed by atoms with Crippen LogP contribution in [-0.4, -0.2) is 34.1 Å². The molecular weight excluding hydrogens is 256 g/mol. The minimum Gasteiger partial charge on any atom is -0.370 e. The van der Waals surface area contributed by atoms with Crippen molar-refractivity contribution >= 4 is 23.4 Å². The Hall–Kier alpha value is -0.970. The molecule has 0 radical (unpaired) electrons. The monoisotopic (exact) mass is 280 g/mol. The summed E-state index contributed by atoms with van der Waals surface area (Å²) in [6.45, 7) is 5.33. The van der Waals surface area contributed by atoms with Crippen molar-refractivity contribution in [2.24, 2.45) is 0 Å². The molecule has 1 aliphatic heterocycles. The van der Waals surface area contributed by atoms with E-state index in [-0.39, 0.29) is 0 Å². The Morgan fingerprint density at radius 2 is 2.11 bits per heavy atom. The minimum absolute atomic E-state index is 0.564. The van der Waals surface area contributed by atoms with Crippen molar-refractivity contribution in [3.8, 4) is 0 Å². The summed E-state index contributed by atoms with van der Waals surface area (Å²) in [7, 11) is 0. The van der Waals surface area contributed by atoms with Crippen LogP contribution in [0, 0.1) is 0 Å². The van der Waals surface area contributed by atoms with Crippen LogP contribution in [-0.2, 0) is 6.42 Å². The molecule has 0 saturated carbocycles. The van der Waals surface area contributed by atoms with Crippen LogP contribution in [0.1, 0.15) is 38.7 Å². The maximum atomic E-state index is 4.46. The van der Waals surface area contributed by atoms with Gasteiger partial charge in [0, 0.05) is 23.9 Å². The van der Waals surface area contributed by atoms with E-state index in [1.165, 1.54) is 23.5 Å². The molecule has 2 N–H and O–H groups in total. The van der Waals surface area contributed by atoms with Gasteiger partial charge in [0.05, 0.1) is 0 Å². The lowest BCUT2D eigenvalue weighted by atomic mass is 10.1. The Kier molecular flexibility index (Phi) is 5.76. The molecule has 1 aliphatic rings. The number of hydrogen-bond donors (Lipinski definition) is 2. The van der Waals surface area contributed by atoms with Crippen molar-refractivity contribution in [1.82, 2.24) is 9.97 Å². The second-order valence-corrected chi connectivity index (χ2v) is 6.08. The molecule has 106 valence electrons. The molecule has 1 fully saturated rings. The smallest absolute Gasteiger partial charge is 0.134 e. The van der Waals surface area contributed by atoms with Gasteiger partial charge in [-0.25, -0.2) is 9.97 Å². The number of aromatic nitrogens is 2. The lowest BCUT2D eigenvalue weighted by molar-refractivity contribution is 0.795. The van der Waals surface area contributed by atoms with Crippen LogP contribution in [0.25, 0.3) is 0 Å². The molecule has 0 spiro atoms. The van der Waals surface area contributed by atoms with E-state index in [2.05, 4.69) is 34.4 Å².